The van der Waals surface area contributed by atoms with Crippen LogP contribution in [0.25, 0.3) is 11.0 Å². The molecule has 0 saturated carbocycles. The van der Waals surface area contributed by atoms with Gasteiger partial charge in [0.05, 0.1) is 18.0 Å². The molecule has 0 aliphatic rings. The topological polar surface area (TPSA) is 97.0 Å². The normalized spacial score (nSPS) is 11.5. The predicted octanol–water partition coefficient (Wildman–Crippen LogP) is 4.31. The SMILES string of the molecule is CCOC(=O)c1cc2cc(N(c3ccc(Br)cc3)S(=O)(=O)O)ccc2o1. The minimum atomic E-state index is -4.57. The van der Waals surface area contributed by atoms with Gasteiger partial charge in [0.15, 0.2) is 0 Å². The van der Waals surface area contributed by atoms with Crippen molar-refractivity contribution in [1.29, 1.82) is 0 Å². The molecular weight excluding hydrogens is 426 g/mol. The minimum absolute atomic E-state index is 0.0149. The van der Waals surface area contributed by atoms with Crippen molar-refractivity contribution in [1.82, 2.24) is 0 Å². The summed E-state index contributed by atoms with van der Waals surface area (Å²) in [5.74, 6) is -0.592. The number of esters is 1. The molecule has 0 radical (unpaired) electrons. The maximum Gasteiger partial charge on any atom is 0.374 e. The van der Waals surface area contributed by atoms with E-state index in [4.69, 9.17) is 9.15 Å². The molecule has 2 aromatic carbocycles. The number of rotatable bonds is 5. The molecule has 1 heterocycles. The lowest BCUT2D eigenvalue weighted by atomic mass is 10.2. The number of furan rings is 1. The van der Waals surface area contributed by atoms with Gasteiger partial charge in [-0.3, -0.25) is 4.55 Å². The molecule has 1 N–H and O–H groups in total. The number of carbonyl (C=O) groups is 1. The second kappa shape index (κ2) is 7.10. The first-order chi connectivity index (χ1) is 12.3. The van der Waals surface area contributed by atoms with Crippen LogP contribution in [0.1, 0.15) is 17.5 Å². The Morgan fingerprint density at radius 2 is 1.81 bits per heavy atom. The highest BCUT2D eigenvalue weighted by Crippen LogP contribution is 2.32. The number of anilines is 2. The fraction of sp³-hybridized carbons (Fsp3) is 0.118. The molecular formula is C17H14BrNO6S. The van der Waals surface area contributed by atoms with Crippen LogP contribution < -0.4 is 4.31 Å². The van der Waals surface area contributed by atoms with Crippen LogP contribution in [0.15, 0.2) is 57.4 Å². The number of carbonyl (C=O) groups excluding carboxylic acids is 1. The number of hydrogen-bond donors (Lipinski definition) is 1. The van der Waals surface area contributed by atoms with Crippen molar-refractivity contribution in [3.63, 3.8) is 0 Å². The second-order valence-electron chi connectivity index (χ2n) is 5.27. The molecule has 3 aromatic rings. The molecule has 0 bridgehead atoms. The number of nitrogens with zero attached hydrogens (tertiary/aromatic N) is 1. The summed E-state index contributed by atoms with van der Waals surface area (Å²) in [6, 6.07) is 12.3. The molecule has 0 atom stereocenters. The third kappa shape index (κ3) is 3.74. The monoisotopic (exact) mass is 439 g/mol. The van der Waals surface area contributed by atoms with Gasteiger partial charge in [-0.2, -0.15) is 8.42 Å². The fourth-order valence-corrected chi connectivity index (χ4v) is 3.48. The molecule has 0 unspecified atom stereocenters. The van der Waals surface area contributed by atoms with Crippen LogP contribution in [0.3, 0.4) is 0 Å². The average Bonchev–Trinajstić information content (AvgIpc) is 2.99. The van der Waals surface area contributed by atoms with Gasteiger partial charge < -0.3 is 9.15 Å². The Balaban J connectivity index is 2.08. The Morgan fingerprint density at radius 1 is 1.15 bits per heavy atom. The van der Waals surface area contributed by atoms with Crippen LogP contribution in [0.5, 0.6) is 0 Å². The summed E-state index contributed by atoms with van der Waals surface area (Å²) in [5, 5.41) is 0.497. The van der Waals surface area contributed by atoms with E-state index in [0.717, 1.165) is 8.78 Å². The van der Waals surface area contributed by atoms with Crippen LogP contribution >= 0.6 is 15.9 Å². The summed E-state index contributed by atoms with van der Waals surface area (Å²) in [4.78, 5) is 11.8. The van der Waals surface area contributed by atoms with E-state index in [1.165, 1.54) is 24.3 Å². The molecule has 7 nitrogen and oxygen atoms in total. The molecule has 0 fully saturated rings. The van der Waals surface area contributed by atoms with Gasteiger partial charge in [-0.25, -0.2) is 9.10 Å². The summed E-state index contributed by atoms with van der Waals surface area (Å²) < 4.78 is 45.4. The zero-order chi connectivity index (χ0) is 18.9. The van der Waals surface area contributed by atoms with Crippen LogP contribution in [-0.2, 0) is 15.0 Å². The largest absolute Gasteiger partial charge is 0.460 e. The van der Waals surface area contributed by atoms with Crippen molar-refractivity contribution in [2.75, 3.05) is 10.9 Å². The molecule has 136 valence electrons. The molecule has 0 spiro atoms. The van der Waals surface area contributed by atoms with Gasteiger partial charge in [-0.15, -0.1) is 0 Å². The predicted molar refractivity (Wildman–Crippen MR) is 100 cm³/mol. The Bertz CT molecular complexity index is 1060. The number of ether oxygens (including phenoxy) is 1. The van der Waals surface area contributed by atoms with Crippen molar-refractivity contribution in [2.45, 2.75) is 6.92 Å². The second-order valence-corrected chi connectivity index (χ2v) is 7.45. The lowest BCUT2D eigenvalue weighted by Crippen LogP contribution is -2.25. The van der Waals surface area contributed by atoms with Gasteiger partial charge in [0.1, 0.15) is 5.58 Å². The highest BCUT2D eigenvalue weighted by atomic mass is 79.9. The van der Waals surface area contributed by atoms with Gasteiger partial charge in [-0.05, 0) is 55.5 Å². The van der Waals surface area contributed by atoms with Crippen molar-refractivity contribution in [3.05, 3.63) is 58.8 Å². The first-order valence-corrected chi connectivity index (χ1v) is 9.72. The van der Waals surface area contributed by atoms with Crippen molar-refractivity contribution in [3.8, 4) is 0 Å². The average molecular weight is 440 g/mol. The lowest BCUT2D eigenvalue weighted by Gasteiger charge is -2.21. The first-order valence-electron chi connectivity index (χ1n) is 7.53. The zero-order valence-electron chi connectivity index (χ0n) is 13.5. The van der Waals surface area contributed by atoms with Gasteiger partial charge >= 0.3 is 16.3 Å². The van der Waals surface area contributed by atoms with Gasteiger partial charge in [-0.1, -0.05) is 15.9 Å². The maximum atomic E-state index is 11.9. The Kier molecular flexibility index (Phi) is 5.03. The number of hydrogen-bond acceptors (Lipinski definition) is 5. The highest BCUT2D eigenvalue weighted by molar-refractivity contribution is 9.10. The minimum Gasteiger partial charge on any atom is -0.460 e. The summed E-state index contributed by atoms with van der Waals surface area (Å²) >= 11 is 3.28. The van der Waals surface area contributed by atoms with Crippen LogP contribution in [-0.4, -0.2) is 25.5 Å². The summed E-state index contributed by atoms with van der Waals surface area (Å²) in [5.41, 5.74) is 0.839. The number of halogens is 1. The van der Waals surface area contributed by atoms with Gasteiger partial charge in [0.2, 0.25) is 5.76 Å². The summed E-state index contributed by atoms with van der Waals surface area (Å²) in [6.07, 6.45) is 0. The first kappa shape index (κ1) is 18.4. The maximum absolute atomic E-state index is 11.9. The van der Waals surface area contributed by atoms with E-state index in [0.29, 0.717) is 11.0 Å². The van der Waals surface area contributed by atoms with E-state index in [1.54, 1.807) is 31.2 Å². The smallest absolute Gasteiger partial charge is 0.374 e. The molecule has 0 amide bonds. The molecule has 1 aromatic heterocycles. The summed E-state index contributed by atoms with van der Waals surface area (Å²) in [6.45, 7) is 1.89. The van der Waals surface area contributed by atoms with Gasteiger partial charge in [0.25, 0.3) is 0 Å². The molecule has 9 heteroatoms. The molecule has 0 saturated heterocycles. The Hall–Kier alpha value is -2.36. The van der Waals surface area contributed by atoms with E-state index < -0.39 is 16.3 Å². The number of fused-ring (bicyclic) bond motifs is 1. The van der Waals surface area contributed by atoms with Crippen molar-refractivity contribution < 1.29 is 26.9 Å². The van der Waals surface area contributed by atoms with Gasteiger partial charge in [0, 0.05) is 9.86 Å². The fourth-order valence-electron chi connectivity index (χ4n) is 2.45. The van der Waals surface area contributed by atoms with Crippen molar-refractivity contribution >= 4 is 54.5 Å². The molecule has 0 aliphatic heterocycles. The highest BCUT2D eigenvalue weighted by Gasteiger charge is 2.23. The zero-order valence-corrected chi connectivity index (χ0v) is 16.0. The Labute approximate surface area is 158 Å². The van der Waals surface area contributed by atoms with Crippen LogP contribution in [0.4, 0.5) is 11.4 Å². The summed E-state index contributed by atoms with van der Waals surface area (Å²) in [7, 11) is -4.57. The van der Waals surface area contributed by atoms with E-state index >= 15 is 0 Å². The van der Waals surface area contributed by atoms with E-state index in [9.17, 15) is 17.8 Å². The standard InChI is InChI=1S/C17H14BrNO6S/c1-2-24-17(20)16-10-11-9-14(7-8-15(11)25-16)19(26(21,22)23)13-5-3-12(18)4-6-13/h3-10H,2H2,1H3,(H,21,22,23). The third-order valence-electron chi connectivity index (χ3n) is 3.50. The molecule has 26 heavy (non-hydrogen) atoms. The molecule has 0 aliphatic carbocycles. The van der Waals surface area contributed by atoms with Crippen molar-refractivity contribution in [2.24, 2.45) is 0 Å². The molecule has 3 rings (SSSR count). The van der Waals surface area contributed by atoms with E-state index in [2.05, 4.69) is 15.9 Å². The quantitative estimate of drug-likeness (QED) is 0.469. The van der Waals surface area contributed by atoms with E-state index in [1.807, 2.05) is 0 Å². The third-order valence-corrected chi connectivity index (χ3v) is 4.91. The van der Waals surface area contributed by atoms with Crippen LogP contribution in [0, 0.1) is 0 Å². The lowest BCUT2D eigenvalue weighted by molar-refractivity contribution is 0.0492. The van der Waals surface area contributed by atoms with Crippen LogP contribution in [0.2, 0.25) is 0 Å². The van der Waals surface area contributed by atoms with E-state index in [-0.39, 0.29) is 23.7 Å². The number of benzene rings is 2. The Morgan fingerprint density at radius 3 is 2.42 bits per heavy atom.